The molecule has 4 unspecified atom stereocenters. The van der Waals surface area contributed by atoms with Gasteiger partial charge in [-0.1, -0.05) is 274 Å². The van der Waals surface area contributed by atoms with E-state index >= 15 is 0 Å². The first-order chi connectivity index (χ1) is 41.2. The topological polar surface area (TPSA) is 237 Å². The number of ether oxygens (including phenoxy) is 4. The highest BCUT2D eigenvalue weighted by atomic mass is 31.2. The number of aliphatic hydroxyl groups excluding tert-OH is 1. The Hall–Kier alpha value is -1.94. The van der Waals surface area contributed by atoms with E-state index in [1.807, 2.05) is 0 Å². The Morgan fingerprint density at radius 2 is 0.558 bits per heavy atom. The molecule has 510 valence electrons. The van der Waals surface area contributed by atoms with E-state index in [0.29, 0.717) is 31.6 Å². The molecule has 3 N–H and O–H groups in total. The lowest BCUT2D eigenvalue weighted by Gasteiger charge is -2.21. The average molecular weight is 1270 g/mol. The maximum Gasteiger partial charge on any atom is 0.472 e. The highest BCUT2D eigenvalue weighted by Crippen LogP contribution is 2.45. The second kappa shape index (κ2) is 57.0. The zero-order valence-corrected chi connectivity index (χ0v) is 57.7. The molecule has 0 saturated heterocycles. The van der Waals surface area contributed by atoms with Crippen molar-refractivity contribution in [2.45, 2.75) is 343 Å². The molecule has 0 heterocycles. The minimum absolute atomic E-state index is 0.103. The van der Waals surface area contributed by atoms with Gasteiger partial charge in [0.15, 0.2) is 12.2 Å². The fourth-order valence-corrected chi connectivity index (χ4v) is 11.5. The number of aliphatic hydroxyl groups is 1. The predicted molar refractivity (Wildman–Crippen MR) is 344 cm³/mol. The molecule has 17 nitrogen and oxygen atoms in total. The van der Waals surface area contributed by atoms with Crippen molar-refractivity contribution in [3.63, 3.8) is 0 Å². The molecule has 0 rings (SSSR count). The number of carbonyl (C=O) groups is 4. The van der Waals surface area contributed by atoms with Crippen molar-refractivity contribution in [2.75, 3.05) is 39.6 Å². The van der Waals surface area contributed by atoms with Crippen LogP contribution in [0.3, 0.4) is 0 Å². The molecule has 0 aromatic rings. The molecular weight excluding hydrogens is 1140 g/mol. The Labute approximate surface area is 524 Å². The third-order valence-electron chi connectivity index (χ3n) is 16.0. The fourth-order valence-electron chi connectivity index (χ4n) is 9.89. The predicted octanol–water partition coefficient (Wildman–Crippen LogP) is 18.5. The Bertz CT molecular complexity index is 1720. The van der Waals surface area contributed by atoms with Gasteiger partial charge >= 0.3 is 39.5 Å². The largest absolute Gasteiger partial charge is 0.472 e. The minimum atomic E-state index is -4.95. The molecule has 0 aliphatic carbocycles. The summed E-state index contributed by atoms with van der Waals surface area (Å²) in [4.78, 5) is 72.4. The smallest absolute Gasteiger partial charge is 0.462 e. The summed E-state index contributed by atoms with van der Waals surface area (Å²) in [6.45, 7) is 14.0. The van der Waals surface area contributed by atoms with Gasteiger partial charge in [0.05, 0.1) is 26.4 Å². The summed E-state index contributed by atoms with van der Waals surface area (Å²) in [5, 5.41) is 10.6. The summed E-state index contributed by atoms with van der Waals surface area (Å²) in [6.07, 6.45) is 37.6. The molecule has 0 aliphatic heterocycles. The number of rotatable bonds is 64. The van der Waals surface area contributed by atoms with Gasteiger partial charge in [-0.15, -0.1) is 0 Å². The van der Waals surface area contributed by atoms with Gasteiger partial charge < -0.3 is 33.8 Å². The van der Waals surface area contributed by atoms with Crippen molar-refractivity contribution in [1.82, 2.24) is 0 Å². The van der Waals surface area contributed by atoms with E-state index in [1.54, 1.807) is 0 Å². The van der Waals surface area contributed by atoms with Crippen LogP contribution in [0.2, 0.25) is 0 Å². The van der Waals surface area contributed by atoms with E-state index in [-0.39, 0.29) is 25.7 Å². The summed E-state index contributed by atoms with van der Waals surface area (Å²) in [6, 6.07) is 0. The van der Waals surface area contributed by atoms with Crippen LogP contribution in [0.5, 0.6) is 0 Å². The third kappa shape index (κ3) is 58.4. The second-order valence-corrected chi connectivity index (χ2v) is 28.6. The molecular formula is C67H130O17P2. The van der Waals surface area contributed by atoms with Gasteiger partial charge in [0.1, 0.15) is 19.3 Å². The fraction of sp³-hybridized carbons (Fsp3) is 0.940. The molecule has 86 heavy (non-hydrogen) atoms. The number of hydrogen-bond acceptors (Lipinski definition) is 15. The standard InChI is InChI=1S/C67H130O17P2/c1-9-59(7)45-37-29-20-13-11-12-14-23-33-41-49-66(71)83-62(53-77-64(69)47-39-31-22-18-16-21-30-38-46-60(8)10-2)55-81-85(73,74)79-51-61(68)52-80-86(75,76)82-56-63(54-78-65(70)48-40-32-26-25-28-36-44-58(5)6)84-67(72)50-42-34-24-17-15-19-27-35-43-57(3)4/h57-63,68H,9-56H2,1-8H3,(H,73,74)(H,75,76)/t59?,60?,61-,62-,63-/m1/s1. The quantitative estimate of drug-likeness (QED) is 0.0222. The van der Waals surface area contributed by atoms with Crippen LogP contribution < -0.4 is 0 Å². The van der Waals surface area contributed by atoms with Gasteiger partial charge in [-0.05, 0) is 49.4 Å². The zero-order chi connectivity index (χ0) is 63.9. The molecule has 0 radical (unpaired) electrons. The molecule has 0 saturated carbocycles. The molecule has 0 amide bonds. The van der Waals surface area contributed by atoms with Crippen LogP contribution in [-0.2, 0) is 65.4 Å². The summed E-state index contributed by atoms with van der Waals surface area (Å²) in [7, 11) is -9.90. The van der Waals surface area contributed by atoms with Gasteiger partial charge in [0.25, 0.3) is 0 Å². The highest BCUT2D eigenvalue weighted by Gasteiger charge is 2.30. The lowest BCUT2D eigenvalue weighted by molar-refractivity contribution is -0.161. The van der Waals surface area contributed by atoms with E-state index in [0.717, 1.165) is 114 Å². The molecule has 0 fully saturated rings. The Kier molecular flexibility index (Phi) is 55.7. The van der Waals surface area contributed by atoms with E-state index in [2.05, 4.69) is 55.4 Å². The second-order valence-electron chi connectivity index (χ2n) is 25.6. The van der Waals surface area contributed by atoms with Crippen LogP contribution in [0.15, 0.2) is 0 Å². The van der Waals surface area contributed by atoms with Gasteiger partial charge in [0, 0.05) is 25.7 Å². The molecule has 0 aromatic carbocycles. The van der Waals surface area contributed by atoms with E-state index < -0.39 is 97.5 Å². The molecule has 0 bridgehead atoms. The van der Waals surface area contributed by atoms with Crippen molar-refractivity contribution in [3.05, 3.63) is 0 Å². The van der Waals surface area contributed by atoms with Crippen LogP contribution in [0.25, 0.3) is 0 Å². The molecule has 0 aliphatic rings. The SMILES string of the molecule is CCC(C)CCCCCCCCCCCCC(=O)O[C@H](COC(=O)CCCCCCCCCCC(C)CC)COP(=O)(O)OC[C@@H](O)COP(=O)(O)OC[C@@H](COC(=O)CCCCCCCCC(C)C)OC(=O)CCCCCCCCCCC(C)C. The lowest BCUT2D eigenvalue weighted by Crippen LogP contribution is -2.30. The minimum Gasteiger partial charge on any atom is -0.462 e. The summed E-state index contributed by atoms with van der Waals surface area (Å²) in [5.41, 5.74) is 0. The van der Waals surface area contributed by atoms with Gasteiger partial charge in [-0.3, -0.25) is 37.3 Å². The molecule has 0 spiro atoms. The summed E-state index contributed by atoms with van der Waals surface area (Å²) < 4.78 is 68.1. The number of hydrogen-bond donors (Lipinski definition) is 3. The van der Waals surface area contributed by atoms with Crippen molar-refractivity contribution >= 4 is 39.5 Å². The van der Waals surface area contributed by atoms with Crippen LogP contribution in [-0.4, -0.2) is 96.7 Å². The van der Waals surface area contributed by atoms with Crippen LogP contribution in [0, 0.1) is 23.7 Å². The first kappa shape index (κ1) is 84.1. The number of phosphoric acid groups is 2. The van der Waals surface area contributed by atoms with Crippen molar-refractivity contribution in [1.29, 1.82) is 0 Å². The molecule has 19 heteroatoms. The monoisotopic (exact) mass is 1270 g/mol. The zero-order valence-electron chi connectivity index (χ0n) is 55.9. The highest BCUT2D eigenvalue weighted by molar-refractivity contribution is 7.47. The Morgan fingerprint density at radius 1 is 0.326 bits per heavy atom. The van der Waals surface area contributed by atoms with Gasteiger partial charge in [0.2, 0.25) is 0 Å². The number of phosphoric ester groups is 2. The Morgan fingerprint density at radius 3 is 0.826 bits per heavy atom. The lowest BCUT2D eigenvalue weighted by atomic mass is 9.99. The summed E-state index contributed by atoms with van der Waals surface area (Å²) >= 11 is 0. The van der Waals surface area contributed by atoms with Gasteiger partial charge in [-0.2, -0.15) is 0 Å². The third-order valence-corrected chi connectivity index (χ3v) is 17.9. The van der Waals surface area contributed by atoms with Crippen LogP contribution >= 0.6 is 15.6 Å². The number of esters is 4. The number of unbranched alkanes of at least 4 members (excludes halogenated alkanes) is 28. The summed E-state index contributed by atoms with van der Waals surface area (Å²) in [5.74, 6) is 0.841. The number of carbonyl (C=O) groups excluding carboxylic acids is 4. The maximum atomic E-state index is 13.0. The van der Waals surface area contributed by atoms with Gasteiger partial charge in [-0.25, -0.2) is 9.13 Å². The van der Waals surface area contributed by atoms with E-state index in [1.165, 1.54) is 122 Å². The normalized spacial score (nSPS) is 15.0. The van der Waals surface area contributed by atoms with Crippen LogP contribution in [0.1, 0.15) is 325 Å². The first-order valence-corrected chi connectivity index (χ1v) is 37.8. The average Bonchev–Trinajstić information content (AvgIpc) is 3.47. The molecule has 7 atom stereocenters. The van der Waals surface area contributed by atoms with Crippen LogP contribution in [0.4, 0.5) is 0 Å². The maximum absolute atomic E-state index is 13.0. The van der Waals surface area contributed by atoms with Crippen molar-refractivity contribution in [2.24, 2.45) is 23.7 Å². The first-order valence-electron chi connectivity index (χ1n) is 34.8. The Balaban J connectivity index is 5.26. The molecule has 0 aromatic heterocycles. The van der Waals surface area contributed by atoms with Crippen molar-refractivity contribution in [3.8, 4) is 0 Å². The van der Waals surface area contributed by atoms with E-state index in [4.69, 9.17) is 37.0 Å². The van der Waals surface area contributed by atoms with Crippen molar-refractivity contribution < 1.29 is 80.2 Å². The van der Waals surface area contributed by atoms with E-state index in [9.17, 15) is 43.2 Å².